The van der Waals surface area contributed by atoms with Crippen molar-refractivity contribution in [3.05, 3.63) is 63.4 Å². The van der Waals surface area contributed by atoms with Crippen LogP contribution in [-0.2, 0) is 6.42 Å². The highest BCUT2D eigenvalue weighted by molar-refractivity contribution is 9.10. The Kier molecular flexibility index (Phi) is 4.72. The van der Waals surface area contributed by atoms with Gasteiger partial charge in [0.1, 0.15) is 0 Å². The Bertz CT molecular complexity index is 546. The molecule has 2 aromatic rings. The predicted molar refractivity (Wildman–Crippen MR) is 83.4 cm³/mol. The Hall–Kier alpha value is -1.19. The van der Waals surface area contributed by atoms with E-state index >= 15 is 0 Å². The lowest BCUT2D eigenvalue weighted by Gasteiger charge is -2.19. The van der Waals surface area contributed by atoms with Gasteiger partial charge in [0.25, 0.3) is 0 Å². The third-order valence-electron chi connectivity index (χ3n) is 3.52. The Morgan fingerprint density at radius 2 is 1.84 bits per heavy atom. The van der Waals surface area contributed by atoms with Gasteiger partial charge in [0.05, 0.1) is 11.7 Å². The minimum absolute atomic E-state index is 0.218. The summed E-state index contributed by atoms with van der Waals surface area (Å²) in [6, 6.07) is 10.6. The van der Waals surface area contributed by atoms with Crippen LogP contribution in [0.2, 0.25) is 0 Å². The minimum Gasteiger partial charge on any atom is -0.311 e. The lowest BCUT2D eigenvalue weighted by molar-refractivity contribution is 0.570. The molecule has 1 unspecified atom stereocenters. The monoisotopic (exact) mass is 318 g/mol. The standard InChI is InChI=1S/C16H19BrN2/c1-11-6-4-7-12(2)13(11)10-15(18-3)16-14(17)8-5-9-19-16/h4-9,15,18H,10H2,1-3H3. The van der Waals surface area contributed by atoms with Gasteiger partial charge in [-0.3, -0.25) is 4.98 Å². The van der Waals surface area contributed by atoms with Gasteiger partial charge in [0.2, 0.25) is 0 Å². The van der Waals surface area contributed by atoms with E-state index in [1.54, 1.807) is 0 Å². The maximum absolute atomic E-state index is 4.50. The Labute approximate surface area is 123 Å². The van der Waals surface area contributed by atoms with Gasteiger partial charge < -0.3 is 5.32 Å². The van der Waals surface area contributed by atoms with Gasteiger partial charge >= 0.3 is 0 Å². The highest BCUT2D eigenvalue weighted by atomic mass is 79.9. The maximum atomic E-state index is 4.50. The first-order valence-electron chi connectivity index (χ1n) is 6.46. The summed E-state index contributed by atoms with van der Waals surface area (Å²) in [7, 11) is 1.99. The zero-order valence-corrected chi connectivity index (χ0v) is 13.2. The van der Waals surface area contributed by atoms with E-state index in [0.29, 0.717) is 0 Å². The number of halogens is 1. The molecule has 0 aliphatic carbocycles. The molecule has 0 amide bonds. The molecule has 0 radical (unpaired) electrons. The van der Waals surface area contributed by atoms with Crippen molar-refractivity contribution in [2.24, 2.45) is 0 Å². The lowest BCUT2D eigenvalue weighted by atomic mass is 9.95. The van der Waals surface area contributed by atoms with Crippen LogP contribution in [-0.4, -0.2) is 12.0 Å². The normalized spacial score (nSPS) is 12.4. The molecule has 19 heavy (non-hydrogen) atoms. The average molecular weight is 319 g/mol. The number of aryl methyl sites for hydroxylation is 2. The van der Waals surface area contributed by atoms with E-state index in [4.69, 9.17) is 0 Å². The molecule has 1 aromatic heterocycles. The Morgan fingerprint density at radius 3 is 2.42 bits per heavy atom. The number of hydrogen-bond acceptors (Lipinski definition) is 2. The van der Waals surface area contributed by atoms with Gasteiger partial charge in [-0.25, -0.2) is 0 Å². The molecule has 0 aliphatic heterocycles. The third-order valence-corrected chi connectivity index (χ3v) is 4.19. The summed E-state index contributed by atoms with van der Waals surface area (Å²) in [5, 5.41) is 3.37. The molecule has 0 fully saturated rings. The molecule has 100 valence electrons. The van der Waals surface area contributed by atoms with E-state index in [1.165, 1.54) is 16.7 Å². The number of nitrogens with one attached hydrogen (secondary N) is 1. The molecular weight excluding hydrogens is 300 g/mol. The molecule has 1 heterocycles. The molecule has 3 heteroatoms. The first kappa shape index (κ1) is 14.2. The van der Waals surface area contributed by atoms with Crippen LogP contribution in [0.4, 0.5) is 0 Å². The first-order chi connectivity index (χ1) is 9.13. The first-order valence-corrected chi connectivity index (χ1v) is 7.25. The number of likely N-dealkylation sites (N-methyl/N-ethyl adjacent to an activating group) is 1. The van der Waals surface area contributed by atoms with Gasteiger partial charge in [-0.15, -0.1) is 0 Å². The number of nitrogens with zero attached hydrogens (tertiary/aromatic N) is 1. The fourth-order valence-corrected chi connectivity index (χ4v) is 2.90. The second-order valence-electron chi connectivity index (χ2n) is 4.79. The van der Waals surface area contributed by atoms with Crippen LogP contribution in [0, 0.1) is 13.8 Å². The van der Waals surface area contributed by atoms with E-state index in [1.807, 2.05) is 25.4 Å². The van der Waals surface area contributed by atoms with Crippen molar-refractivity contribution < 1.29 is 0 Å². The van der Waals surface area contributed by atoms with Crippen LogP contribution in [0.25, 0.3) is 0 Å². The van der Waals surface area contributed by atoms with Crippen LogP contribution in [0.3, 0.4) is 0 Å². The third kappa shape index (κ3) is 3.23. The van der Waals surface area contributed by atoms with Gasteiger partial charge in [0.15, 0.2) is 0 Å². The SMILES string of the molecule is CNC(Cc1c(C)cccc1C)c1ncccc1Br. The van der Waals surface area contributed by atoms with E-state index in [9.17, 15) is 0 Å². The molecule has 0 aliphatic rings. The van der Waals surface area contributed by atoms with Gasteiger partial charge in [-0.05, 0) is 72.1 Å². The van der Waals surface area contributed by atoms with Gasteiger partial charge in [0, 0.05) is 10.7 Å². The number of pyridine rings is 1. The molecule has 0 saturated carbocycles. The smallest absolute Gasteiger partial charge is 0.0718 e. The van der Waals surface area contributed by atoms with Crippen molar-refractivity contribution in [1.82, 2.24) is 10.3 Å². The molecule has 0 saturated heterocycles. The summed E-state index contributed by atoms with van der Waals surface area (Å²) in [6.07, 6.45) is 2.79. The molecule has 1 N–H and O–H groups in total. The molecule has 2 rings (SSSR count). The van der Waals surface area contributed by atoms with Gasteiger partial charge in [-0.2, -0.15) is 0 Å². The van der Waals surface area contributed by atoms with E-state index in [-0.39, 0.29) is 6.04 Å². The highest BCUT2D eigenvalue weighted by Gasteiger charge is 2.16. The largest absolute Gasteiger partial charge is 0.311 e. The average Bonchev–Trinajstić information content (AvgIpc) is 2.40. The molecule has 0 bridgehead atoms. The van der Waals surface area contributed by atoms with Crippen molar-refractivity contribution in [1.29, 1.82) is 0 Å². The van der Waals surface area contributed by atoms with Crippen molar-refractivity contribution in [3.8, 4) is 0 Å². The Balaban J connectivity index is 2.32. The molecule has 1 atom stereocenters. The summed E-state index contributed by atoms with van der Waals surface area (Å²) >= 11 is 3.59. The molecule has 1 aromatic carbocycles. The van der Waals surface area contributed by atoms with Crippen LogP contribution in [0.1, 0.15) is 28.4 Å². The van der Waals surface area contributed by atoms with E-state index < -0.39 is 0 Å². The van der Waals surface area contributed by atoms with Crippen molar-refractivity contribution in [3.63, 3.8) is 0 Å². The fraction of sp³-hybridized carbons (Fsp3) is 0.312. The summed E-state index contributed by atoms with van der Waals surface area (Å²) in [4.78, 5) is 4.50. The summed E-state index contributed by atoms with van der Waals surface area (Å²) < 4.78 is 1.06. The zero-order valence-electron chi connectivity index (χ0n) is 11.6. The quantitative estimate of drug-likeness (QED) is 0.922. The second-order valence-corrected chi connectivity index (χ2v) is 5.64. The highest BCUT2D eigenvalue weighted by Crippen LogP contribution is 2.26. The number of rotatable bonds is 4. The zero-order chi connectivity index (χ0) is 13.8. The van der Waals surface area contributed by atoms with E-state index in [0.717, 1.165) is 16.6 Å². The maximum Gasteiger partial charge on any atom is 0.0718 e. The van der Waals surface area contributed by atoms with Crippen LogP contribution < -0.4 is 5.32 Å². The number of aromatic nitrogens is 1. The van der Waals surface area contributed by atoms with Crippen molar-refractivity contribution in [2.75, 3.05) is 7.05 Å². The van der Waals surface area contributed by atoms with E-state index in [2.05, 4.69) is 58.3 Å². The second kappa shape index (κ2) is 6.31. The van der Waals surface area contributed by atoms with Crippen LogP contribution in [0.15, 0.2) is 41.0 Å². The molecule has 0 spiro atoms. The topological polar surface area (TPSA) is 24.9 Å². The summed E-state index contributed by atoms with van der Waals surface area (Å²) in [6.45, 7) is 4.34. The van der Waals surface area contributed by atoms with Crippen molar-refractivity contribution in [2.45, 2.75) is 26.3 Å². The number of hydrogen-bond donors (Lipinski definition) is 1. The molecular formula is C16H19BrN2. The van der Waals surface area contributed by atoms with Crippen molar-refractivity contribution >= 4 is 15.9 Å². The minimum atomic E-state index is 0.218. The Morgan fingerprint density at radius 1 is 1.16 bits per heavy atom. The molecule has 2 nitrogen and oxygen atoms in total. The van der Waals surface area contributed by atoms with Gasteiger partial charge in [-0.1, -0.05) is 18.2 Å². The summed E-state index contributed by atoms with van der Waals surface area (Å²) in [5.74, 6) is 0. The number of benzene rings is 1. The van der Waals surface area contributed by atoms with Crippen LogP contribution in [0.5, 0.6) is 0 Å². The lowest BCUT2D eigenvalue weighted by Crippen LogP contribution is -2.21. The summed E-state index contributed by atoms with van der Waals surface area (Å²) in [5.41, 5.74) is 5.15. The predicted octanol–water partition coefficient (Wildman–Crippen LogP) is 3.96. The fourth-order valence-electron chi connectivity index (χ4n) is 2.36. The van der Waals surface area contributed by atoms with Crippen LogP contribution >= 0.6 is 15.9 Å².